The van der Waals surface area contributed by atoms with E-state index in [1.54, 1.807) is 0 Å². The molecule has 3 nitrogen and oxygen atoms in total. The molecule has 0 bridgehead atoms. The van der Waals surface area contributed by atoms with Crippen molar-refractivity contribution < 1.29 is 15.0 Å². The van der Waals surface area contributed by atoms with E-state index in [9.17, 15) is 15.0 Å². The lowest BCUT2D eigenvalue weighted by Gasteiger charge is -2.18. The molecule has 1 rings (SSSR count). The van der Waals surface area contributed by atoms with Crippen LogP contribution in [0.1, 0.15) is 126 Å². The summed E-state index contributed by atoms with van der Waals surface area (Å²) in [6, 6.07) is 3.99. The zero-order valence-electron chi connectivity index (χ0n) is 19.1. The summed E-state index contributed by atoms with van der Waals surface area (Å²) in [5.74, 6) is -0.339. The summed E-state index contributed by atoms with van der Waals surface area (Å²) in [4.78, 5) is 11.4. The summed E-state index contributed by atoms with van der Waals surface area (Å²) in [6.45, 7) is 6.19. The predicted octanol–water partition coefficient (Wildman–Crippen LogP) is 7.91. The van der Waals surface area contributed by atoms with Gasteiger partial charge in [0.05, 0.1) is 6.42 Å². The quantitative estimate of drug-likeness (QED) is 0.259. The second kappa shape index (κ2) is 15.3. The molecule has 0 saturated carbocycles. The van der Waals surface area contributed by atoms with E-state index in [0.717, 1.165) is 36.0 Å². The highest BCUT2D eigenvalue weighted by molar-refractivity contribution is 5.68. The summed E-state index contributed by atoms with van der Waals surface area (Å²) in [5, 5.41) is 19.5. The predicted molar refractivity (Wildman–Crippen MR) is 123 cm³/mol. The van der Waals surface area contributed by atoms with E-state index in [1.807, 2.05) is 26.0 Å². The Hall–Kier alpha value is -1.51. The number of phenols is 1. The van der Waals surface area contributed by atoms with E-state index in [-0.39, 0.29) is 12.3 Å². The van der Waals surface area contributed by atoms with E-state index < -0.39 is 5.97 Å². The normalized spacial score (nSPS) is 12.2. The molecule has 166 valence electrons. The third-order valence-corrected chi connectivity index (χ3v) is 6.08. The molecule has 29 heavy (non-hydrogen) atoms. The van der Waals surface area contributed by atoms with E-state index in [0.29, 0.717) is 5.75 Å². The van der Waals surface area contributed by atoms with Crippen LogP contribution in [-0.2, 0) is 11.2 Å². The highest BCUT2D eigenvalue weighted by atomic mass is 16.4. The van der Waals surface area contributed by atoms with Crippen LogP contribution in [0.25, 0.3) is 0 Å². The van der Waals surface area contributed by atoms with Crippen LogP contribution in [-0.4, -0.2) is 16.2 Å². The Bertz CT molecular complexity index is 580. The fraction of sp³-hybridized carbons (Fsp3) is 0.731. The molecular formula is C26H44O3. The number of hydrogen-bond acceptors (Lipinski definition) is 2. The van der Waals surface area contributed by atoms with Crippen molar-refractivity contribution in [2.75, 3.05) is 0 Å². The molecule has 0 radical (unpaired) electrons. The fourth-order valence-electron chi connectivity index (χ4n) is 4.22. The molecule has 0 saturated heterocycles. The van der Waals surface area contributed by atoms with Gasteiger partial charge >= 0.3 is 5.97 Å². The van der Waals surface area contributed by atoms with Gasteiger partial charge in [-0.05, 0) is 42.4 Å². The van der Waals surface area contributed by atoms with E-state index in [2.05, 4.69) is 6.92 Å². The second-order valence-electron chi connectivity index (χ2n) is 8.67. The Balaban J connectivity index is 2.32. The van der Waals surface area contributed by atoms with Crippen molar-refractivity contribution in [1.82, 2.24) is 0 Å². The number of hydrogen-bond donors (Lipinski definition) is 2. The van der Waals surface area contributed by atoms with E-state index >= 15 is 0 Å². The van der Waals surface area contributed by atoms with Gasteiger partial charge in [0, 0.05) is 0 Å². The lowest BCUT2D eigenvalue weighted by atomic mass is 9.87. The number of aliphatic carboxylic acids is 1. The van der Waals surface area contributed by atoms with Gasteiger partial charge in [0.15, 0.2) is 0 Å². The minimum atomic E-state index is -0.738. The van der Waals surface area contributed by atoms with Gasteiger partial charge in [0.25, 0.3) is 0 Å². The molecule has 0 heterocycles. The summed E-state index contributed by atoms with van der Waals surface area (Å²) in [5.41, 5.74) is 2.84. The largest absolute Gasteiger partial charge is 0.507 e. The molecule has 2 N–H and O–H groups in total. The number of aryl methyl sites for hydroxylation is 2. The second-order valence-corrected chi connectivity index (χ2v) is 8.67. The topological polar surface area (TPSA) is 57.5 Å². The van der Waals surface area contributed by atoms with Crippen molar-refractivity contribution in [2.24, 2.45) is 0 Å². The zero-order chi connectivity index (χ0) is 21.5. The molecular weight excluding hydrogens is 360 g/mol. The van der Waals surface area contributed by atoms with Crippen molar-refractivity contribution >= 4 is 5.97 Å². The van der Waals surface area contributed by atoms with Crippen LogP contribution in [0, 0.1) is 6.92 Å². The number of unbranched alkanes of at least 4 members (excludes halogenated alkanes) is 11. The Kier molecular flexibility index (Phi) is 13.5. The number of phenolic OH excluding ortho intramolecular Hbond substituents is 1. The minimum absolute atomic E-state index is 0.0419. The van der Waals surface area contributed by atoms with Crippen LogP contribution < -0.4 is 0 Å². The van der Waals surface area contributed by atoms with Crippen LogP contribution in [0.15, 0.2) is 12.1 Å². The van der Waals surface area contributed by atoms with Crippen LogP contribution in [0.2, 0.25) is 0 Å². The Morgan fingerprint density at radius 1 is 0.862 bits per heavy atom. The van der Waals surface area contributed by atoms with Gasteiger partial charge in [-0.2, -0.15) is 0 Å². The lowest BCUT2D eigenvalue weighted by molar-refractivity contribution is -0.137. The van der Waals surface area contributed by atoms with Gasteiger partial charge in [-0.1, -0.05) is 103 Å². The molecule has 1 aromatic carbocycles. The molecule has 0 aliphatic carbocycles. The summed E-state index contributed by atoms with van der Waals surface area (Å²) >= 11 is 0. The van der Waals surface area contributed by atoms with Gasteiger partial charge in [-0.3, -0.25) is 4.79 Å². The van der Waals surface area contributed by atoms with Crippen LogP contribution in [0.3, 0.4) is 0 Å². The Morgan fingerprint density at radius 3 is 1.86 bits per heavy atom. The average molecular weight is 405 g/mol. The monoisotopic (exact) mass is 404 g/mol. The zero-order valence-corrected chi connectivity index (χ0v) is 19.1. The minimum Gasteiger partial charge on any atom is -0.507 e. The van der Waals surface area contributed by atoms with Gasteiger partial charge < -0.3 is 10.2 Å². The lowest BCUT2D eigenvalue weighted by Crippen LogP contribution is -2.07. The Labute approximate surface area is 178 Å². The van der Waals surface area contributed by atoms with Crippen molar-refractivity contribution in [1.29, 1.82) is 0 Å². The number of carboxylic acid groups (broad SMARTS) is 1. The maximum absolute atomic E-state index is 11.4. The van der Waals surface area contributed by atoms with Crippen molar-refractivity contribution in [2.45, 2.75) is 123 Å². The first-order valence-electron chi connectivity index (χ1n) is 12.0. The SMILES string of the molecule is CCCCCCCCCCCCCCC(CC(=O)O)c1cc(C)c(O)c(CC)c1. The first kappa shape index (κ1) is 25.5. The molecule has 1 aromatic rings. The van der Waals surface area contributed by atoms with Crippen molar-refractivity contribution in [3.8, 4) is 5.75 Å². The summed E-state index contributed by atoms with van der Waals surface area (Å²) in [7, 11) is 0. The number of carbonyl (C=O) groups is 1. The third-order valence-electron chi connectivity index (χ3n) is 6.08. The smallest absolute Gasteiger partial charge is 0.303 e. The number of carboxylic acids is 1. The van der Waals surface area contributed by atoms with E-state index in [4.69, 9.17) is 0 Å². The van der Waals surface area contributed by atoms with Crippen LogP contribution in [0.4, 0.5) is 0 Å². The summed E-state index contributed by atoms with van der Waals surface area (Å²) in [6.07, 6.45) is 17.6. The van der Waals surface area contributed by atoms with E-state index in [1.165, 1.54) is 70.6 Å². The maximum Gasteiger partial charge on any atom is 0.303 e. The van der Waals surface area contributed by atoms with Crippen molar-refractivity contribution in [3.05, 3.63) is 28.8 Å². The average Bonchev–Trinajstić information content (AvgIpc) is 2.69. The van der Waals surface area contributed by atoms with Crippen molar-refractivity contribution in [3.63, 3.8) is 0 Å². The summed E-state index contributed by atoms with van der Waals surface area (Å²) < 4.78 is 0. The number of aromatic hydroxyl groups is 1. The van der Waals surface area contributed by atoms with Gasteiger partial charge in [-0.25, -0.2) is 0 Å². The molecule has 0 aliphatic rings. The molecule has 0 fully saturated rings. The molecule has 3 heteroatoms. The molecule has 0 spiro atoms. The van der Waals surface area contributed by atoms with Gasteiger partial charge in [0.2, 0.25) is 0 Å². The molecule has 1 unspecified atom stereocenters. The van der Waals surface area contributed by atoms with Gasteiger partial charge in [-0.15, -0.1) is 0 Å². The fourth-order valence-corrected chi connectivity index (χ4v) is 4.22. The molecule has 0 aliphatic heterocycles. The number of rotatable bonds is 17. The Morgan fingerprint density at radius 2 is 1.38 bits per heavy atom. The maximum atomic E-state index is 11.4. The molecule has 1 atom stereocenters. The van der Waals surface area contributed by atoms with Crippen LogP contribution in [0.5, 0.6) is 5.75 Å². The molecule has 0 aromatic heterocycles. The molecule has 0 amide bonds. The first-order chi connectivity index (χ1) is 14.0. The van der Waals surface area contributed by atoms with Crippen LogP contribution >= 0.6 is 0 Å². The highest BCUT2D eigenvalue weighted by Crippen LogP contribution is 2.32. The highest BCUT2D eigenvalue weighted by Gasteiger charge is 2.18. The van der Waals surface area contributed by atoms with Gasteiger partial charge in [0.1, 0.15) is 5.75 Å². The number of benzene rings is 1. The standard InChI is InChI=1S/C26H44O3/c1-4-6-7-8-9-10-11-12-13-14-15-16-17-23(20-25(27)28)24-18-21(3)26(29)22(5-2)19-24/h18-19,23,29H,4-17,20H2,1-3H3,(H,27,28). The third kappa shape index (κ3) is 10.7. The first-order valence-corrected chi connectivity index (χ1v) is 12.0.